The van der Waals surface area contributed by atoms with Crippen LogP contribution in [-0.4, -0.2) is 42.9 Å². The summed E-state index contributed by atoms with van der Waals surface area (Å²) in [6.07, 6.45) is 2.65. The van der Waals surface area contributed by atoms with Crippen molar-refractivity contribution in [2.24, 2.45) is 7.05 Å². The average Bonchev–Trinajstić information content (AvgIpc) is 2.84. The van der Waals surface area contributed by atoms with E-state index in [1.165, 1.54) is 42.2 Å². The lowest BCUT2D eigenvalue weighted by atomic mass is 10.2. The van der Waals surface area contributed by atoms with Crippen LogP contribution in [0.2, 0.25) is 0 Å². The second-order valence-corrected chi connectivity index (χ2v) is 6.54. The predicted molar refractivity (Wildman–Crippen MR) is 78.4 cm³/mol. The summed E-state index contributed by atoms with van der Waals surface area (Å²) < 4.78 is 41.6. The van der Waals surface area contributed by atoms with E-state index in [1.807, 2.05) is 0 Å². The number of benzene rings is 1. The van der Waals surface area contributed by atoms with Crippen LogP contribution in [0.15, 0.2) is 35.7 Å². The van der Waals surface area contributed by atoms with Crippen molar-refractivity contribution in [3.05, 3.63) is 42.1 Å². The van der Waals surface area contributed by atoms with Gasteiger partial charge in [0.05, 0.1) is 12.0 Å². The molecule has 1 amide bonds. The number of sulfonamides is 1. The van der Waals surface area contributed by atoms with Gasteiger partial charge in [0.1, 0.15) is 5.82 Å². The highest BCUT2D eigenvalue weighted by atomic mass is 32.2. The first-order chi connectivity index (χ1) is 10.2. The van der Waals surface area contributed by atoms with Crippen molar-refractivity contribution >= 4 is 21.6 Å². The largest absolute Gasteiger partial charge is 0.345 e. The summed E-state index contributed by atoms with van der Waals surface area (Å²) >= 11 is 0. The maximum Gasteiger partial charge on any atom is 0.280 e. The van der Waals surface area contributed by atoms with Crippen LogP contribution in [0.3, 0.4) is 0 Å². The lowest BCUT2D eigenvalue weighted by molar-refractivity contribution is 0.0827. The normalized spacial score (nSPS) is 11.3. The van der Waals surface area contributed by atoms with E-state index in [-0.39, 0.29) is 16.3 Å². The Balaban J connectivity index is 2.36. The van der Waals surface area contributed by atoms with Gasteiger partial charge in [-0.3, -0.25) is 9.52 Å². The van der Waals surface area contributed by atoms with Gasteiger partial charge in [0.15, 0.2) is 5.03 Å². The average molecular weight is 326 g/mol. The maximum absolute atomic E-state index is 13.6. The van der Waals surface area contributed by atoms with Crippen molar-refractivity contribution in [3.8, 4) is 0 Å². The number of anilines is 1. The molecular formula is C13H15FN4O3S. The van der Waals surface area contributed by atoms with Crippen molar-refractivity contribution in [3.63, 3.8) is 0 Å². The number of hydrogen-bond donors (Lipinski definition) is 1. The van der Waals surface area contributed by atoms with Crippen LogP contribution in [0.1, 0.15) is 10.4 Å². The Hall–Kier alpha value is -2.42. The van der Waals surface area contributed by atoms with Crippen molar-refractivity contribution < 1.29 is 17.6 Å². The summed E-state index contributed by atoms with van der Waals surface area (Å²) in [5, 5.41) is -0.195. The highest BCUT2D eigenvalue weighted by Crippen LogP contribution is 2.19. The minimum atomic E-state index is -3.95. The van der Waals surface area contributed by atoms with Crippen LogP contribution >= 0.6 is 0 Å². The molecule has 0 radical (unpaired) electrons. The van der Waals surface area contributed by atoms with Gasteiger partial charge in [-0.15, -0.1) is 0 Å². The Kier molecular flexibility index (Phi) is 4.18. The van der Waals surface area contributed by atoms with Crippen molar-refractivity contribution in [2.45, 2.75) is 5.03 Å². The molecule has 1 aromatic heterocycles. The first-order valence-electron chi connectivity index (χ1n) is 6.22. The zero-order valence-corrected chi connectivity index (χ0v) is 13.1. The summed E-state index contributed by atoms with van der Waals surface area (Å²) in [7, 11) is 0.719. The van der Waals surface area contributed by atoms with Crippen LogP contribution < -0.4 is 4.72 Å². The van der Waals surface area contributed by atoms with Gasteiger partial charge >= 0.3 is 0 Å². The Morgan fingerprint density at radius 1 is 1.32 bits per heavy atom. The standard InChI is InChI=1S/C13H15FN4O3S/c1-17(2)13(19)9-4-10(14)6-11(5-9)16-22(20,21)12-7-18(3)8-15-12/h4-8,16H,1-3H3. The molecular weight excluding hydrogens is 311 g/mol. The number of imidazole rings is 1. The Bertz CT molecular complexity index is 814. The molecule has 0 fully saturated rings. The molecule has 22 heavy (non-hydrogen) atoms. The van der Waals surface area contributed by atoms with Crippen LogP contribution in [0.5, 0.6) is 0 Å². The second-order valence-electron chi connectivity index (χ2n) is 4.91. The summed E-state index contributed by atoms with van der Waals surface area (Å²) in [5.41, 5.74) is -0.000395. The van der Waals surface area contributed by atoms with E-state index < -0.39 is 21.7 Å². The molecule has 0 aliphatic heterocycles. The molecule has 0 aliphatic carbocycles. The van der Waals surface area contributed by atoms with E-state index in [4.69, 9.17) is 0 Å². The smallest absolute Gasteiger partial charge is 0.280 e. The minimum Gasteiger partial charge on any atom is -0.345 e. The molecule has 1 N–H and O–H groups in total. The molecule has 0 atom stereocenters. The topological polar surface area (TPSA) is 84.3 Å². The molecule has 0 saturated heterocycles. The lowest BCUT2D eigenvalue weighted by Crippen LogP contribution is -2.22. The third-order valence-electron chi connectivity index (χ3n) is 2.76. The number of carbonyl (C=O) groups excluding carboxylic acids is 1. The van der Waals surface area contributed by atoms with Gasteiger partial charge in [-0.2, -0.15) is 8.42 Å². The molecule has 0 spiro atoms. The number of amides is 1. The third-order valence-corrected chi connectivity index (χ3v) is 4.03. The van der Waals surface area contributed by atoms with Crippen LogP contribution in [0.4, 0.5) is 10.1 Å². The van der Waals surface area contributed by atoms with Crippen LogP contribution in [0, 0.1) is 5.82 Å². The summed E-state index contributed by atoms with van der Waals surface area (Å²) in [6, 6.07) is 3.31. The predicted octanol–water partition coefficient (Wildman–Crippen LogP) is 1.06. The van der Waals surface area contributed by atoms with Crippen molar-refractivity contribution in [1.82, 2.24) is 14.5 Å². The maximum atomic E-state index is 13.6. The summed E-state index contributed by atoms with van der Waals surface area (Å²) in [5.74, 6) is -1.15. The number of carbonyl (C=O) groups is 1. The molecule has 2 aromatic rings. The van der Waals surface area contributed by atoms with E-state index in [0.717, 1.165) is 12.1 Å². The van der Waals surface area contributed by atoms with Gasteiger partial charge in [0.2, 0.25) is 0 Å². The number of rotatable bonds is 4. The van der Waals surface area contributed by atoms with Gasteiger partial charge < -0.3 is 9.47 Å². The van der Waals surface area contributed by atoms with Crippen LogP contribution in [-0.2, 0) is 17.1 Å². The molecule has 0 bridgehead atoms. The lowest BCUT2D eigenvalue weighted by Gasteiger charge is -2.12. The summed E-state index contributed by atoms with van der Waals surface area (Å²) in [4.78, 5) is 16.9. The van der Waals surface area contributed by atoms with E-state index >= 15 is 0 Å². The quantitative estimate of drug-likeness (QED) is 0.910. The van der Waals surface area contributed by atoms with E-state index in [2.05, 4.69) is 9.71 Å². The second kappa shape index (κ2) is 5.76. The number of halogens is 1. The molecule has 1 aromatic carbocycles. The fraction of sp³-hybridized carbons (Fsp3) is 0.231. The van der Waals surface area contributed by atoms with E-state index in [1.54, 1.807) is 7.05 Å². The number of aromatic nitrogens is 2. The SMILES string of the molecule is CN(C)C(=O)c1cc(F)cc(NS(=O)(=O)c2cn(C)cn2)c1. The Labute approximate surface area is 127 Å². The number of aryl methyl sites for hydroxylation is 1. The third kappa shape index (κ3) is 3.42. The molecule has 118 valence electrons. The highest BCUT2D eigenvalue weighted by Gasteiger charge is 2.19. The fourth-order valence-corrected chi connectivity index (χ4v) is 2.79. The van der Waals surface area contributed by atoms with Gasteiger partial charge in [-0.05, 0) is 18.2 Å². The molecule has 7 nitrogen and oxygen atoms in total. The van der Waals surface area contributed by atoms with Gasteiger partial charge in [-0.25, -0.2) is 9.37 Å². The van der Waals surface area contributed by atoms with Gasteiger partial charge in [0, 0.05) is 32.9 Å². The number of nitrogens with zero attached hydrogens (tertiary/aromatic N) is 3. The van der Waals surface area contributed by atoms with Crippen molar-refractivity contribution in [1.29, 1.82) is 0 Å². The minimum absolute atomic E-state index is 0.0451. The first-order valence-corrected chi connectivity index (χ1v) is 7.70. The summed E-state index contributed by atoms with van der Waals surface area (Å²) in [6.45, 7) is 0. The van der Waals surface area contributed by atoms with Crippen LogP contribution in [0.25, 0.3) is 0 Å². The molecule has 2 rings (SSSR count). The van der Waals surface area contributed by atoms with Crippen molar-refractivity contribution in [2.75, 3.05) is 18.8 Å². The van der Waals surface area contributed by atoms with Gasteiger partial charge in [-0.1, -0.05) is 0 Å². The molecule has 9 heteroatoms. The Morgan fingerprint density at radius 2 is 2.00 bits per heavy atom. The molecule has 1 heterocycles. The highest BCUT2D eigenvalue weighted by molar-refractivity contribution is 7.92. The first kappa shape index (κ1) is 16.0. The monoisotopic (exact) mass is 326 g/mol. The number of hydrogen-bond acceptors (Lipinski definition) is 4. The Morgan fingerprint density at radius 3 is 2.55 bits per heavy atom. The molecule has 0 aliphatic rings. The molecule has 0 unspecified atom stereocenters. The van der Waals surface area contributed by atoms with Gasteiger partial charge in [0.25, 0.3) is 15.9 Å². The fourth-order valence-electron chi connectivity index (χ4n) is 1.77. The number of nitrogens with one attached hydrogen (secondary N) is 1. The van der Waals surface area contributed by atoms with E-state index in [9.17, 15) is 17.6 Å². The molecule has 0 saturated carbocycles. The zero-order chi connectivity index (χ0) is 16.5. The zero-order valence-electron chi connectivity index (χ0n) is 12.2. The van der Waals surface area contributed by atoms with E-state index in [0.29, 0.717) is 0 Å².